The van der Waals surface area contributed by atoms with E-state index in [2.05, 4.69) is 20.9 Å². The van der Waals surface area contributed by atoms with E-state index >= 15 is 0 Å². The zero-order chi connectivity index (χ0) is 16.7. The van der Waals surface area contributed by atoms with Gasteiger partial charge in [-0.1, -0.05) is 28.8 Å². The molecule has 0 bridgehead atoms. The molecule has 4 rings (SSSR count). The molecule has 2 aliphatic rings. The van der Waals surface area contributed by atoms with Gasteiger partial charge in [-0.05, 0) is 37.1 Å². The van der Waals surface area contributed by atoms with Gasteiger partial charge in [-0.25, -0.2) is 0 Å². The number of aromatic nitrogens is 1. The Balaban J connectivity index is 1.72. The molecule has 0 spiro atoms. The minimum absolute atomic E-state index is 0.0950. The molecular weight excluding hydrogens is 372 g/mol. The van der Waals surface area contributed by atoms with Crippen LogP contribution in [0.5, 0.6) is 0 Å². The normalized spacial score (nSPS) is 24.0. The van der Waals surface area contributed by atoms with E-state index in [1.54, 1.807) is 6.07 Å². The molecule has 2 aromatic rings. The van der Waals surface area contributed by atoms with Crippen LogP contribution in [0.3, 0.4) is 0 Å². The fraction of sp³-hybridized carbons (Fsp3) is 0.444. The van der Waals surface area contributed by atoms with Gasteiger partial charge in [0.25, 0.3) is 11.5 Å². The Kier molecular flexibility index (Phi) is 4.18. The van der Waals surface area contributed by atoms with Crippen LogP contribution in [0.1, 0.15) is 36.0 Å². The van der Waals surface area contributed by atoms with Gasteiger partial charge < -0.3 is 14.6 Å². The van der Waals surface area contributed by atoms with Gasteiger partial charge in [0.2, 0.25) is 0 Å². The summed E-state index contributed by atoms with van der Waals surface area (Å²) in [6.07, 6.45) is 4.32. The van der Waals surface area contributed by atoms with Crippen LogP contribution >= 0.6 is 15.9 Å². The average Bonchev–Trinajstić information content (AvgIpc) is 2.60. The van der Waals surface area contributed by atoms with Gasteiger partial charge in [0.05, 0.1) is 18.8 Å². The summed E-state index contributed by atoms with van der Waals surface area (Å²) in [6.45, 7) is 1.10. The second-order valence-electron chi connectivity index (χ2n) is 6.50. The first-order chi connectivity index (χ1) is 11.6. The molecule has 1 saturated carbocycles. The molecule has 1 aliphatic heterocycles. The number of amides is 1. The second-order valence-corrected chi connectivity index (χ2v) is 7.42. The molecule has 6 heteroatoms. The Hall–Kier alpha value is -1.66. The van der Waals surface area contributed by atoms with Crippen LogP contribution in [-0.2, 0) is 4.74 Å². The summed E-state index contributed by atoms with van der Waals surface area (Å²) in [5, 5.41) is 0.848. The lowest BCUT2D eigenvalue weighted by molar-refractivity contribution is -0.0753. The molecule has 1 aromatic heterocycles. The SMILES string of the molecule is O=C(c1cc2cc(Br)ccc2[nH]c1=O)N1CCOC2CCCCC21. The molecule has 1 aliphatic carbocycles. The standard InChI is InChI=1S/C18H19BrN2O3/c19-12-5-6-14-11(9-12)10-13(17(22)20-14)18(23)21-7-8-24-16-4-2-1-3-15(16)21/h5-6,9-10,15-16H,1-4,7-8H2,(H,20,22). The van der Waals surface area contributed by atoms with Crippen LogP contribution in [0.15, 0.2) is 33.5 Å². The lowest BCUT2D eigenvalue weighted by Crippen LogP contribution is -2.55. The minimum Gasteiger partial charge on any atom is -0.374 e. The van der Waals surface area contributed by atoms with E-state index in [0.717, 1.165) is 41.1 Å². The fourth-order valence-corrected chi connectivity index (χ4v) is 4.22. The van der Waals surface area contributed by atoms with Crippen molar-refractivity contribution in [1.29, 1.82) is 0 Å². The fourth-order valence-electron chi connectivity index (χ4n) is 3.84. The Labute approximate surface area is 148 Å². The molecule has 2 atom stereocenters. The molecule has 1 amide bonds. The number of pyridine rings is 1. The molecule has 1 N–H and O–H groups in total. The van der Waals surface area contributed by atoms with Crippen LogP contribution < -0.4 is 5.56 Å². The summed E-state index contributed by atoms with van der Waals surface area (Å²) < 4.78 is 6.74. The Morgan fingerprint density at radius 1 is 1.25 bits per heavy atom. The van der Waals surface area contributed by atoms with Crippen molar-refractivity contribution in [3.63, 3.8) is 0 Å². The van der Waals surface area contributed by atoms with Crippen molar-refractivity contribution in [2.24, 2.45) is 0 Å². The average molecular weight is 391 g/mol. The monoisotopic (exact) mass is 390 g/mol. The van der Waals surface area contributed by atoms with Crippen molar-refractivity contribution < 1.29 is 9.53 Å². The molecule has 2 fully saturated rings. The van der Waals surface area contributed by atoms with E-state index in [-0.39, 0.29) is 29.2 Å². The van der Waals surface area contributed by atoms with Gasteiger partial charge in [-0.3, -0.25) is 9.59 Å². The summed E-state index contributed by atoms with van der Waals surface area (Å²) in [5.41, 5.74) is 0.623. The largest absolute Gasteiger partial charge is 0.374 e. The number of H-pyrrole nitrogens is 1. The number of nitrogens with one attached hydrogen (secondary N) is 1. The number of morpholine rings is 1. The van der Waals surface area contributed by atoms with Crippen molar-refractivity contribution in [3.8, 4) is 0 Å². The molecule has 24 heavy (non-hydrogen) atoms. The quantitative estimate of drug-likeness (QED) is 0.813. The van der Waals surface area contributed by atoms with Gasteiger partial charge >= 0.3 is 0 Å². The van der Waals surface area contributed by atoms with Gasteiger partial charge in [0.1, 0.15) is 5.56 Å². The van der Waals surface area contributed by atoms with Crippen LogP contribution in [0, 0.1) is 0 Å². The van der Waals surface area contributed by atoms with Crippen LogP contribution in [0.2, 0.25) is 0 Å². The van der Waals surface area contributed by atoms with Gasteiger partial charge in [-0.2, -0.15) is 0 Å². The van der Waals surface area contributed by atoms with Crippen LogP contribution in [-0.4, -0.2) is 41.1 Å². The number of aromatic amines is 1. The van der Waals surface area contributed by atoms with Gasteiger partial charge in [0, 0.05) is 21.9 Å². The van der Waals surface area contributed by atoms with Gasteiger partial charge in [0.15, 0.2) is 0 Å². The lowest BCUT2D eigenvalue weighted by Gasteiger charge is -2.43. The number of benzene rings is 1. The predicted octanol–water partition coefficient (Wildman–Crippen LogP) is 3.07. The molecule has 0 radical (unpaired) electrons. The first kappa shape index (κ1) is 15.8. The molecule has 2 unspecified atom stereocenters. The van der Waals surface area contributed by atoms with Crippen molar-refractivity contribution >= 4 is 32.7 Å². The Bertz CT molecular complexity index is 846. The maximum absolute atomic E-state index is 13.0. The van der Waals surface area contributed by atoms with E-state index in [4.69, 9.17) is 4.74 Å². The van der Waals surface area contributed by atoms with Crippen molar-refractivity contribution in [2.75, 3.05) is 13.2 Å². The summed E-state index contributed by atoms with van der Waals surface area (Å²) in [7, 11) is 0. The first-order valence-electron chi connectivity index (χ1n) is 8.38. The number of halogens is 1. The number of hydrogen-bond acceptors (Lipinski definition) is 3. The number of fused-ring (bicyclic) bond motifs is 2. The third-order valence-corrected chi connectivity index (χ3v) is 5.52. The molecule has 1 saturated heterocycles. The van der Waals surface area contributed by atoms with Crippen molar-refractivity contribution in [3.05, 3.63) is 44.7 Å². The zero-order valence-corrected chi connectivity index (χ0v) is 14.8. The number of ether oxygens (including phenoxy) is 1. The summed E-state index contributed by atoms with van der Waals surface area (Å²) in [6, 6.07) is 7.41. The van der Waals surface area contributed by atoms with Gasteiger partial charge in [-0.15, -0.1) is 0 Å². The van der Waals surface area contributed by atoms with E-state index in [1.165, 1.54) is 0 Å². The molecule has 5 nitrogen and oxygen atoms in total. The smallest absolute Gasteiger partial charge is 0.261 e. The third-order valence-electron chi connectivity index (χ3n) is 5.03. The summed E-state index contributed by atoms with van der Waals surface area (Å²) in [4.78, 5) is 30.1. The zero-order valence-electron chi connectivity index (χ0n) is 13.3. The molecule has 2 heterocycles. The molecule has 1 aromatic carbocycles. The topological polar surface area (TPSA) is 62.4 Å². The highest BCUT2D eigenvalue weighted by molar-refractivity contribution is 9.10. The number of carbonyl (C=O) groups excluding carboxylic acids is 1. The molecular formula is C18H19BrN2O3. The third kappa shape index (κ3) is 2.78. The highest BCUT2D eigenvalue weighted by Crippen LogP contribution is 2.29. The van der Waals surface area contributed by atoms with Crippen molar-refractivity contribution in [1.82, 2.24) is 9.88 Å². The van der Waals surface area contributed by atoms with E-state index < -0.39 is 0 Å². The highest BCUT2D eigenvalue weighted by Gasteiger charge is 2.37. The highest BCUT2D eigenvalue weighted by atomic mass is 79.9. The number of hydrogen-bond donors (Lipinski definition) is 1. The maximum Gasteiger partial charge on any atom is 0.261 e. The number of nitrogens with zero attached hydrogens (tertiary/aromatic N) is 1. The second kappa shape index (κ2) is 6.33. The minimum atomic E-state index is -0.325. The maximum atomic E-state index is 13.0. The van der Waals surface area contributed by atoms with E-state index in [0.29, 0.717) is 13.2 Å². The number of rotatable bonds is 1. The number of carbonyl (C=O) groups is 1. The summed E-state index contributed by atoms with van der Waals surface area (Å²) in [5.74, 6) is -0.182. The van der Waals surface area contributed by atoms with Crippen LogP contribution in [0.25, 0.3) is 10.9 Å². The first-order valence-corrected chi connectivity index (χ1v) is 9.18. The lowest BCUT2D eigenvalue weighted by atomic mass is 9.89. The summed E-state index contributed by atoms with van der Waals surface area (Å²) >= 11 is 3.43. The predicted molar refractivity (Wildman–Crippen MR) is 95.3 cm³/mol. The molecule has 126 valence electrons. The van der Waals surface area contributed by atoms with E-state index in [1.807, 2.05) is 23.1 Å². The van der Waals surface area contributed by atoms with Crippen molar-refractivity contribution in [2.45, 2.75) is 37.8 Å². The Morgan fingerprint density at radius 2 is 2.08 bits per heavy atom. The van der Waals surface area contributed by atoms with E-state index in [9.17, 15) is 9.59 Å². The van der Waals surface area contributed by atoms with Crippen LogP contribution in [0.4, 0.5) is 0 Å². The Morgan fingerprint density at radius 3 is 2.96 bits per heavy atom.